The average molecular weight is 486 g/mol. The van der Waals surface area contributed by atoms with E-state index in [0.717, 1.165) is 12.8 Å². The van der Waals surface area contributed by atoms with Gasteiger partial charge in [-0.2, -0.15) is 0 Å². The van der Waals surface area contributed by atoms with Crippen LogP contribution in [0, 0.1) is 17.8 Å². The van der Waals surface area contributed by atoms with Crippen molar-refractivity contribution >= 4 is 23.4 Å². The van der Waals surface area contributed by atoms with E-state index < -0.39 is 35.6 Å². The summed E-state index contributed by atoms with van der Waals surface area (Å²) in [4.78, 5) is 42.7. The number of hydrogen-bond acceptors (Lipinski definition) is 5. The smallest absolute Gasteiger partial charge is 0.246 e. The first-order valence-corrected chi connectivity index (χ1v) is 13.0. The Morgan fingerprint density at radius 2 is 1.91 bits per heavy atom. The normalized spacial score (nSPS) is 30.9. The molecule has 0 saturated carbocycles. The first kappa shape index (κ1) is 25.6. The fraction of sp³-hybridized carbons (Fsp3) is 0.667. The molecule has 3 unspecified atom stereocenters. The molecule has 3 aliphatic rings. The number of nitrogens with zero attached hydrogens (tertiary/aromatic N) is 1. The zero-order chi connectivity index (χ0) is 25.3. The number of ether oxygens (including phenoxy) is 1. The molecule has 4 rings (SSSR count). The molecule has 3 heterocycles. The second-order valence-corrected chi connectivity index (χ2v) is 10.8. The number of hydrogen-bond donors (Lipinski definition) is 3. The topological polar surface area (TPSA) is 108 Å². The SMILES string of the molecule is CCCC(C)NC(=O)C1N([C@@H](CO)CC(C)C)C(=O)[C@@H]2[C@@H](C(=O)Nc3ccccc3)[C@H]3CCC12O3. The van der Waals surface area contributed by atoms with Crippen molar-refractivity contribution in [3.05, 3.63) is 30.3 Å². The fourth-order valence-corrected chi connectivity index (χ4v) is 6.48. The Balaban J connectivity index is 1.69. The quantitative estimate of drug-likeness (QED) is 0.472. The van der Waals surface area contributed by atoms with E-state index in [1.807, 2.05) is 39.0 Å². The highest BCUT2D eigenvalue weighted by atomic mass is 16.5. The summed E-state index contributed by atoms with van der Waals surface area (Å²) in [5, 5.41) is 16.3. The monoisotopic (exact) mass is 485 g/mol. The zero-order valence-electron chi connectivity index (χ0n) is 21.2. The average Bonchev–Trinajstić information content (AvgIpc) is 3.45. The van der Waals surface area contributed by atoms with E-state index >= 15 is 0 Å². The van der Waals surface area contributed by atoms with Gasteiger partial charge in [0.2, 0.25) is 17.7 Å². The van der Waals surface area contributed by atoms with E-state index in [4.69, 9.17) is 4.74 Å². The Kier molecular flexibility index (Phi) is 7.52. The third-order valence-electron chi connectivity index (χ3n) is 7.79. The lowest BCUT2D eigenvalue weighted by molar-refractivity contribution is -0.145. The van der Waals surface area contributed by atoms with Gasteiger partial charge < -0.3 is 25.4 Å². The molecule has 3 aliphatic heterocycles. The van der Waals surface area contributed by atoms with Gasteiger partial charge in [-0.25, -0.2) is 0 Å². The van der Waals surface area contributed by atoms with Crippen LogP contribution in [0.4, 0.5) is 5.69 Å². The lowest BCUT2D eigenvalue weighted by atomic mass is 9.70. The van der Waals surface area contributed by atoms with E-state index in [1.54, 1.807) is 17.0 Å². The number of benzene rings is 1. The minimum Gasteiger partial charge on any atom is -0.394 e. The minimum atomic E-state index is -1.05. The summed E-state index contributed by atoms with van der Waals surface area (Å²) in [5.41, 5.74) is -0.395. The van der Waals surface area contributed by atoms with Gasteiger partial charge in [0, 0.05) is 11.7 Å². The number of likely N-dealkylation sites (tertiary alicyclic amines) is 1. The molecule has 1 spiro atoms. The highest BCUT2D eigenvalue weighted by Crippen LogP contribution is 2.59. The number of carbonyl (C=O) groups excluding carboxylic acids is 3. The number of amides is 3. The van der Waals surface area contributed by atoms with Crippen molar-refractivity contribution in [2.24, 2.45) is 17.8 Å². The van der Waals surface area contributed by atoms with Crippen molar-refractivity contribution in [2.45, 2.75) is 89.6 Å². The maximum absolute atomic E-state index is 14.0. The van der Waals surface area contributed by atoms with Crippen LogP contribution in [-0.2, 0) is 19.1 Å². The summed E-state index contributed by atoms with van der Waals surface area (Å²) in [6.45, 7) is 7.83. The fourth-order valence-electron chi connectivity index (χ4n) is 6.48. The van der Waals surface area contributed by atoms with Gasteiger partial charge in [-0.1, -0.05) is 45.4 Å². The van der Waals surface area contributed by atoms with Gasteiger partial charge in [0.05, 0.1) is 30.6 Å². The zero-order valence-corrected chi connectivity index (χ0v) is 21.2. The van der Waals surface area contributed by atoms with Crippen LogP contribution in [0.15, 0.2) is 30.3 Å². The first-order valence-electron chi connectivity index (χ1n) is 13.0. The second-order valence-electron chi connectivity index (χ2n) is 10.8. The van der Waals surface area contributed by atoms with Gasteiger partial charge in [-0.15, -0.1) is 0 Å². The summed E-state index contributed by atoms with van der Waals surface area (Å²) in [7, 11) is 0. The molecule has 0 aliphatic carbocycles. The summed E-state index contributed by atoms with van der Waals surface area (Å²) in [6.07, 6.45) is 3.06. The molecule has 7 atom stereocenters. The van der Waals surface area contributed by atoms with Crippen molar-refractivity contribution < 1.29 is 24.2 Å². The molecule has 1 aromatic carbocycles. The Morgan fingerprint density at radius 1 is 1.20 bits per heavy atom. The lowest BCUT2D eigenvalue weighted by Crippen LogP contribution is -2.59. The lowest BCUT2D eigenvalue weighted by Gasteiger charge is -2.37. The van der Waals surface area contributed by atoms with Crippen molar-refractivity contribution in [1.82, 2.24) is 10.2 Å². The van der Waals surface area contributed by atoms with Crippen molar-refractivity contribution in [3.63, 3.8) is 0 Å². The Hall–Kier alpha value is -2.45. The number of rotatable bonds is 10. The molecule has 3 amide bonds. The molecule has 3 N–H and O–H groups in total. The Bertz CT molecular complexity index is 938. The Labute approximate surface area is 207 Å². The summed E-state index contributed by atoms with van der Waals surface area (Å²) in [6, 6.07) is 7.73. The van der Waals surface area contributed by atoms with E-state index in [1.165, 1.54) is 0 Å². The molecular weight excluding hydrogens is 446 g/mol. The number of para-hydroxylation sites is 1. The molecule has 8 nitrogen and oxygen atoms in total. The molecular formula is C27H39N3O5. The molecule has 8 heteroatoms. The number of fused-ring (bicyclic) bond motifs is 1. The molecule has 3 fully saturated rings. The first-order chi connectivity index (χ1) is 16.7. The van der Waals surface area contributed by atoms with Gasteiger partial charge in [0.25, 0.3) is 0 Å². The number of nitrogens with one attached hydrogen (secondary N) is 2. The van der Waals surface area contributed by atoms with E-state index in [-0.39, 0.29) is 36.3 Å². The largest absolute Gasteiger partial charge is 0.394 e. The van der Waals surface area contributed by atoms with Crippen LogP contribution >= 0.6 is 0 Å². The third kappa shape index (κ3) is 4.58. The van der Waals surface area contributed by atoms with Gasteiger partial charge in [0.1, 0.15) is 11.6 Å². The number of aliphatic hydroxyl groups excluding tert-OH is 1. The van der Waals surface area contributed by atoms with Crippen LogP contribution < -0.4 is 10.6 Å². The van der Waals surface area contributed by atoms with Crippen molar-refractivity contribution in [3.8, 4) is 0 Å². The maximum Gasteiger partial charge on any atom is 0.246 e. The van der Waals surface area contributed by atoms with Crippen molar-refractivity contribution in [2.75, 3.05) is 11.9 Å². The summed E-state index contributed by atoms with van der Waals surface area (Å²) >= 11 is 0. The van der Waals surface area contributed by atoms with Gasteiger partial charge in [0.15, 0.2) is 0 Å². The second kappa shape index (κ2) is 10.3. The highest BCUT2D eigenvalue weighted by molar-refractivity contribution is 6.02. The number of anilines is 1. The molecule has 2 bridgehead atoms. The molecule has 192 valence electrons. The Morgan fingerprint density at radius 3 is 2.54 bits per heavy atom. The van der Waals surface area contributed by atoms with Gasteiger partial charge in [-0.05, 0) is 50.7 Å². The van der Waals surface area contributed by atoms with Crippen LogP contribution in [0.3, 0.4) is 0 Å². The standard InChI is InChI=1S/C27H39N3O5/c1-5-9-17(4)28-25(33)23-27-13-12-20(35-27)21(24(32)29-18-10-7-6-8-11-18)22(27)26(34)30(23)19(15-31)14-16(2)3/h6-8,10-11,16-17,19-23,31H,5,9,12-15H2,1-4H3,(H,28,33)(H,29,32)/t17?,19-,20-,21+,22+,23?,27?/m1/s1. The predicted molar refractivity (Wildman–Crippen MR) is 132 cm³/mol. The van der Waals surface area contributed by atoms with Crippen molar-refractivity contribution in [1.29, 1.82) is 0 Å². The van der Waals surface area contributed by atoms with E-state index in [2.05, 4.69) is 17.6 Å². The number of carbonyl (C=O) groups is 3. The molecule has 1 aromatic rings. The maximum atomic E-state index is 14.0. The van der Waals surface area contributed by atoms with Crippen LogP contribution in [-0.4, -0.2) is 64.2 Å². The van der Waals surface area contributed by atoms with Crippen LogP contribution in [0.5, 0.6) is 0 Å². The summed E-state index contributed by atoms with van der Waals surface area (Å²) in [5.74, 6) is -1.98. The molecule has 3 saturated heterocycles. The van der Waals surface area contributed by atoms with Gasteiger partial charge >= 0.3 is 0 Å². The third-order valence-corrected chi connectivity index (χ3v) is 7.79. The van der Waals surface area contributed by atoms with E-state index in [0.29, 0.717) is 24.9 Å². The summed E-state index contributed by atoms with van der Waals surface area (Å²) < 4.78 is 6.47. The molecule has 0 radical (unpaired) electrons. The van der Waals surface area contributed by atoms with E-state index in [9.17, 15) is 19.5 Å². The van der Waals surface area contributed by atoms with Gasteiger partial charge in [-0.3, -0.25) is 14.4 Å². The van der Waals surface area contributed by atoms with Crippen LogP contribution in [0.2, 0.25) is 0 Å². The molecule has 35 heavy (non-hydrogen) atoms. The predicted octanol–water partition coefficient (Wildman–Crippen LogP) is 2.71. The van der Waals surface area contributed by atoms with Crippen LogP contribution in [0.25, 0.3) is 0 Å². The minimum absolute atomic E-state index is 0.0478. The van der Waals surface area contributed by atoms with Crippen LogP contribution in [0.1, 0.15) is 59.8 Å². The highest BCUT2D eigenvalue weighted by Gasteiger charge is 2.75. The number of aliphatic hydroxyl groups is 1. The molecule has 0 aromatic heterocycles.